The molecule has 2 N–H and O–H groups in total. The van der Waals surface area contributed by atoms with E-state index in [1.807, 2.05) is 0 Å². The SMILES string of the molecule is C[C@H](O)Cn1c(=O)c(Oc2ccc(F)cc2F)cc2cnc(N(C)CCO)nc21. The molecule has 0 saturated heterocycles. The van der Waals surface area contributed by atoms with Crippen molar-refractivity contribution >= 4 is 17.0 Å². The molecule has 0 aliphatic carbocycles. The lowest BCUT2D eigenvalue weighted by Crippen LogP contribution is -2.28. The summed E-state index contributed by atoms with van der Waals surface area (Å²) in [6.07, 6.45) is 0.583. The fraction of sp³-hybridized carbons (Fsp3) is 0.316. The minimum atomic E-state index is -0.955. The Morgan fingerprint density at radius 3 is 2.69 bits per heavy atom. The Morgan fingerprint density at radius 2 is 2.03 bits per heavy atom. The van der Waals surface area contributed by atoms with E-state index in [9.17, 15) is 18.7 Å². The molecule has 8 nitrogen and oxygen atoms in total. The predicted octanol–water partition coefficient (Wildman–Crippen LogP) is 1.67. The Labute approximate surface area is 164 Å². The van der Waals surface area contributed by atoms with Gasteiger partial charge in [0.05, 0.1) is 19.3 Å². The minimum absolute atomic E-state index is 0.0847. The third-order valence-electron chi connectivity index (χ3n) is 4.12. The maximum absolute atomic E-state index is 13.9. The van der Waals surface area contributed by atoms with Crippen molar-refractivity contribution in [2.24, 2.45) is 0 Å². The van der Waals surface area contributed by atoms with E-state index in [2.05, 4.69) is 9.97 Å². The summed E-state index contributed by atoms with van der Waals surface area (Å²) in [6, 6.07) is 4.10. The van der Waals surface area contributed by atoms with E-state index >= 15 is 0 Å². The van der Waals surface area contributed by atoms with Crippen molar-refractivity contribution in [3.05, 3.63) is 52.5 Å². The smallest absolute Gasteiger partial charge is 0.295 e. The lowest BCUT2D eigenvalue weighted by Gasteiger charge is -2.18. The van der Waals surface area contributed by atoms with Gasteiger partial charge in [0.15, 0.2) is 17.3 Å². The topological polar surface area (TPSA) is 101 Å². The molecule has 3 aromatic rings. The summed E-state index contributed by atoms with van der Waals surface area (Å²) < 4.78 is 33.6. The average molecular weight is 406 g/mol. The van der Waals surface area contributed by atoms with Crippen molar-refractivity contribution in [1.82, 2.24) is 14.5 Å². The zero-order chi connectivity index (χ0) is 21.1. The van der Waals surface area contributed by atoms with E-state index < -0.39 is 23.3 Å². The van der Waals surface area contributed by atoms with Crippen LogP contribution in [0.5, 0.6) is 11.5 Å². The van der Waals surface area contributed by atoms with Crippen LogP contribution >= 0.6 is 0 Å². The summed E-state index contributed by atoms with van der Waals surface area (Å²) in [5, 5.41) is 19.3. The highest BCUT2D eigenvalue weighted by Gasteiger charge is 2.17. The number of nitrogens with zero attached hydrogens (tertiary/aromatic N) is 4. The number of fused-ring (bicyclic) bond motifs is 1. The molecular formula is C19H20F2N4O4. The van der Waals surface area contributed by atoms with Crippen LogP contribution in [0, 0.1) is 11.6 Å². The van der Waals surface area contributed by atoms with Gasteiger partial charge in [0.25, 0.3) is 5.56 Å². The first-order valence-electron chi connectivity index (χ1n) is 8.83. The molecule has 1 atom stereocenters. The van der Waals surface area contributed by atoms with Gasteiger partial charge in [-0.3, -0.25) is 9.36 Å². The summed E-state index contributed by atoms with van der Waals surface area (Å²) in [4.78, 5) is 23.1. The van der Waals surface area contributed by atoms with Crippen LogP contribution in [0.4, 0.5) is 14.7 Å². The maximum Gasteiger partial charge on any atom is 0.295 e. The van der Waals surface area contributed by atoms with Crippen LogP contribution in [-0.2, 0) is 6.54 Å². The van der Waals surface area contributed by atoms with Gasteiger partial charge < -0.3 is 19.8 Å². The zero-order valence-electron chi connectivity index (χ0n) is 15.8. The Hall–Kier alpha value is -3.11. The number of aliphatic hydroxyl groups is 2. The van der Waals surface area contributed by atoms with Crippen LogP contribution in [0.25, 0.3) is 11.0 Å². The van der Waals surface area contributed by atoms with Gasteiger partial charge in [-0.1, -0.05) is 0 Å². The van der Waals surface area contributed by atoms with E-state index in [1.165, 1.54) is 23.8 Å². The van der Waals surface area contributed by atoms with Crippen molar-refractivity contribution in [2.75, 3.05) is 25.1 Å². The van der Waals surface area contributed by atoms with Gasteiger partial charge in [0.2, 0.25) is 5.95 Å². The molecule has 0 aliphatic rings. The molecule has 1 aromatic carbocycles. The van der Waals surface area contributed by atoms with Crippen LogP contribution in [0.15, 0.2) is 35.3 Å². The van der Waals surface area contributed by atoms with E-state index in [0.29, 0.717) is 11.5 Å². The second kappa shape index (κ2) is 8.50. The number of aliphatic hydroxyl groups excluding tert-OH is 2. The molecule has 0 fully saturated rings. The number of rotatable bonds is 7. The van der Waals surface area contributed by atoms with E-state index in [1.54, 1.807) is 11.9 Å². The third kappa shape index (κ3) is 4.49. The fourth-order valence-corrected chi connectivity index (χ4v) is 2.74. The number of benzene rings is 1. The summed E-state index contributed by atoms with van der Waals surface area (Å²) in [5.41, 5.74) is -0.394. The molecule has 0 aliphatic heterocycles. The van der Waals surface area contributed by atoms with Gasteiger partial charge in [0, 0.05) is 31.2 Å². The quantitative estimate of drug-likeness (QED) is 0.616. The number of ether oxygens (including phenoxy) is 1. The summed E-state index contributed by atoms with van der Waals surface area (Å²) in [7, 11) is 1.68. The maximum atomic E-state index is 13.9. The summed E-state index contributed by atoms with van der Waals surface area (Å²) in [5.74, 6) is -1.98. The normalized spacial score (nSPS) is 12.2. The van der Waals surface area contributed by atoms with Crippen molar-refractivity contribution < 1.29 is 23.7 Å². The van der Waals surface area contributed by atoms with Crippen LogP contribution in [0.1, 0.15) is 6.92 Å². The van der Waals surface area contributed by atoms with E-state index in [-0.39, 0.29) is 42.8 Å². The molecule has 0 amide bonds. The van der Waals surface area contributed by atoms with Crippen molar-refractivity contribution in [1.29, 1.82) is 0 Å². The van der Waals surface area contributed by atoms with Gasteiger partial charge in [-0.15, -0.1) is 0 Å². The molecule has 0 unspecified atom stereocenters. The molecule has 0 bridgehead atoms. The molecule has 3 rings (SSSR count). The Morgan fingerprint density at radius 1 is 1.28 bits per heavy atom. The average Bonchev–Trinajstić information content (AvgIpc) is 2.66. The lowest BCUT2D eigenvalue weighted by molar-refractivity contribution is 0.173. The van der Waals surface area contributed by atoms with E-state index in [0.717, 1.165) is 12.1 Å². The van der Waals surface area contributed by atoms with Gasteiger partial charge >= 0.3 is 0 Å². The lowest BCUT2D eigenvalue weighted by atomic mass is 10.3. The number of halogens is 2. The number of hydrogen-bond donors (Lipinski definition) is 2. The van der Waals surface area contributed by atoms with Gasteiger partial charge in [-0.25, -0.2) is 13.8 Å². The largest absolute Gasteiger partial charge is 0.448 e. The third-order valence-corrected chi connectivity index (χ3v) is 4.12. The predicted molar refractivity (Wildman–Crippen MR) is 102 cm³/mol. The second-order valence-corrected chi connectivity index (χ2v) is 6.54. The van der Waals surface area contributed by atoms with Crippen LogP contribution in [-0.4, -0.2) is 51.1 Å². The first-order chi connectivity index (χ1) is 13.8. The van der Waals surface area contributed by atoms with Crippen LogP contribution in [0.2, 0.25) is 0 Å². The Bertz CT molecular complexity index is 1090. The fourth-order valence-electron chi connectivity index (χ4n) is 2.74. The minimum Gasteiger partial charge on any atom is -0.448 e. The Kier molecular flexibility index (Phi) is 6.04. The van der Waals surface area contributed by atoms with Crippen molar-refractivity contribution in [3.8, 4) is 11.5 Å². The molecule has 2 heterocycles. The number of hydrogen-bond acceptors (Lipinski definition) is 7. The van der Waals surface area contributed by atoms with Crippen LogP contribution < -0.4 is 15.2 Å². The Balaban J connectivity index is 2.13. The molecule has 0 saturated carbocycles. The molecule has 29 heavy (non-hydrogen) atoms. The van der Waals surface area contributed by atoms with Crippen molar-refractivity contribution in [2.45, 2.75) is 19.6 Å². The first kappa shape index (κ1) is 20.6. The second-order valence-electron chi connectivity index (χ2n) is 6.54. The monoisotopic (exact) mass is 406 g/mol. The summed E-state index contributed by atoms with van der Waals surface area (Å²) >= 11 is 0. The molecule has 2 aromatic heterocycles. The highest BCUT2D eigenvalue weighted by atomic mass is 19.1. The summed E-state index contributed by atoms with van der Waals surface area (Å²) in [6.45, 7) is 1.61. The van der Waals surface area contributed by atoms with Crippen LogP contribution in [0.3, 0.4) is 0 Å². The standard InChI is InChI=1S/C19H20F2N4O4/c1-11(27)10-25-17-12(9-22-19(23-17)24(2)5-6-26)7-16(18(25)28)29-15-4-3-13(20)8-14(15)21/h3-4,7-9,11,26-27H,5-6,10H2,1-2H3/t11-/m0/s1. The molecule has 10 heteroatoms. The zero-order valence-corrected chi connectivity index (χ0v) is 15.8. The molecular weight excluding hydrogens is 386 g/mol. The number of anilines is 1. The van der Waals surface area contributed by atoms with Gasteiger partial charge in [0.1, 0.15) is 11.5 Å². The first-order valence-corrected chi connectivity index (χ1v) is 8.83. The number of pyridine rings is 1. The number of aromatic nitrogens is 3. The molecule has 0 spiro atoms. The van der Waals surface area contributed by atoms with Gasteiger partial charge in [-0.2, -0.15) is 4.98 Å². The highest BCUT2D eigenvalue weighted by molar-refractivity contribution is 5.77. The van der Waals surface area contributed by atoms with Crippen molar-refractivity contribution in [3.63, 3.8) is 0 Å². The molecule has 154 valence electrons. The number of likely N-dealkylation sites (N-methyl/N-ethyl adjacent to an activating group) is 1. The van der Waals surface area contributed by atoms with E-state index in [4.69, 9.17) is 9.84 Å². The van der Waals surface area contributed by atoms with Gasteiger partial charge in [-0.05, 0) is 25.1 Å². The highest BCUT2D eigenvalue weighted by Crippen LogP contribution is 2.25. The molecule has 0 radical (unpaired) electrons.